The molecule has 1 saturated heterocycles. The quantitative estimate of drug-likeness (QED) is 0.449. The topological polar surface area (TPSA) is 75.2 Å². The van der Waals surface area contributed by atoms with Crippen molar-refractivity contribution in [3.05, 3.63) is 44.2 Å². The second-order valence-electron chi connectivity index (χ2n) is 5.89. The summed E-state index contributed by atoms with van der Waals surface area (Å²) in [5, 5.41) is 12.0. The number of hydrogen-bond acceptors (Lipinski definition) is 7. The van der Waals surface area contributed by atoms with Crippen molar-refractivity contribution < 1.29 is 9.59 Å². The minimum Gasteiger partial charge on any atom is -0.301 e. The van der Waals surface area contributed by atoms with Gasteiger partial charge in [0.15, 0.2) is 0 Å². The lowest BCUT2D eigenvalue weighted by Crippen LogP contribution is -2.29. The number of halogens is 1. The van der Waals surface area contributed by atoms with Crippen LogP contribution < -0.4 is 5.32 Å². The van der Waals surface area contributed by atoms with Gasteiger partial charge in [-0.3, -0.25) is 14.5 Å². The maximum absolute atomic E-state index is 12.6. The van der Waals surface area contributed by atoms with Gasteiger partial charge in [0, 0.05) is 17.4 Å². The minimum atomic E-state index is -0.145. The van der Waals surface area contributed by atoms with Gasteiger partial charge in [-0.1, -0.05) is 70.3 Å². The van der Waals surface area contributed by atoms with E-state index >= 15 is 0 Å². The van der Waals surface area contributed by atoms with Gasteiger partial charge in [0.25, 0.3) is 5.91 Å². The molecule has 6 nitrogen and oxygen atoms in total. The Bertz CT molecular complexity index is 944. The molecular weight excluding hydrogens is 480 g/mol. The molecule has 2 aromatic rings. The van der Waals surface area contributed by atoms with E-state index in [0.717, 1.165) is 21.5 Å². The van der Waals surface area contributed by atoms with Crippen LogP contribution in [0.5, 0.6) is 0 Å². The van der Waals surface area contributed by atoms with Crippen molar-refractivity contribution >= 4 is 78.6 Å². The van der Waals surface area contributed by atoms with Gasteiger partial charge in [0.05, 0.1) is 4.91 Å². The van der Waals surface area contributed by atoms with Gasteiger partial charge in [0.1, 0.15) is 9.33 Å². The monoisotopic (exact) mass is 496 g/mol. The molecule has 0 unspecified atom stereocenters. The lowest BCUT2D eigenvalue weighted by Gasteiger charge is -2.13. The first-order chi connectivity index (χ1) is 13.5. The standard InChI is InChI=1S/C18H17BrN4O2S3/c1-2-15-21-22-17(28-15)20-14(24)7-4-8-23-16(25)13(27-18(23)26)10-11-5-3-6-12(19)9-11/h3,5-6,9-10H,2,4,7-8H2,1H3,(H,20,22,24). The first-order valence-corrected chi connectivity index (χ1v) is 11.4. The average Bonchev–Trinajstić information content (AvgIpc) is 3.21. The second kappa shape index (κ2) is 9.73. The largest absolute Gasteiger partial charge is 0.301 e. The molecule has 3 rings (SSSR count). The predicted octanol–water partition coefficient (Wildman–Crippen LogP) is 4.48. The van der Waals surface area contributed by atoms with Gasteiger partial charge in [-0.15, -0.1) is 10.2 Å². The van der Waals surface area contributed by atoms with Crippen LogP contribution >= 0.6 is 51.2 Å². The summed E-state index contributed by atoms with van der Waals surface area (Å²) in [6.07, 6.45) is 3.41. The van der Waals surface area contributed by atoms with Gasteiger partial charge < -0.3 is 5.32 Å². The van der Waals surface area contributed by atoms with Crippen molar-refractivity contribution in [1.82, 2.24) is 15.1 Å². The summed E-state index contributed by atoms with van der Waals surface area (Å²) < 4.78 is 1.47. The van der Waals surface area contributed by atoms with Crippen LogP contribution in [-0.4, -0.2) is 37.8 Å². The van der Waals surface area contributed by atoms with Crippen LogP contribution in [0.15, 0.2) is 33.6 Å². The van der Waals surface area contributed by atoms with E-state index in [1.54, 1.807) is 4.90 Å². The smallest absolute Gasteiger partial charge is 0.266 e. The van der Waals surface area contributed by atoms with Crippen LogP contribution in [-0.2, 0) is 16.0 Å². The molecule has 1 N–H and O–H groups in total. The van der Waals surface area contributed by atoms with E-state index < -0.39 is 0 Å². The molecule has 0 spiro atoms. The number of aryl methyl sites for hydroxylation is 1. The number of anilines is 1. The summed E-state index contributed by atoms with van der Waals surface area (Å²) in [5.41, 5.74) is 0.928. The summed E-state index contributed by atoms with van der Waals surface area (Å²) in [5.74, 6) is -0.263. The van der Waals surface area contributed by atoms with Gasteiger partial charge in [0.2, 0.25) is 11.0 Å². The van der Waals surface area contributed by atoms with E-state index in [2.05, 4.69) is 31.4 Å². The summed E-state index contributed by atoms with van der Waals surface area (Å²) in [7, 11) is 0. The van der Waals surface area contributed by atoms with Gasteiger partial charge in [-0.05, 0) is 36.6 Å². The van der Waals surface area contributed by atoms with E-state index in [1.165, 1.54) is 23.1 Å². The number of nitrogens with zero attached hydrogens (tertiary/aromatic N) is 3. The molecule has 28 heavy (non-hydrogen) atoms. The highest BCUT2D eigenvalue weighted by atomic mass is 79.9. The summed E-state index contributed by atoms with van der Waals surface area (Å²) in [6.45, 7) is 2.39. The van der Waals surface area contributed by atoms with E-state index in [4.69, 9.17) is 12.2 Å². The molecule has 1 aromatic carbocycles. The fourth-order valence-electron chi connectivity index (χ4n) is 2.47. The fraction of sp³-hybridized carbons (Fsp3) is 0.278. The molecule has 2 amide bonds. The van der Waals surface area contributed by atoms with Crippen molar-refractivity contribution in [2.45, 2.75) is 26.2 Å². The molecule has 1 aromatic heterocycles. The van der Waals surface area contributed by atoms with E-state index in [-0.39, 0.29) is 18.2 Å². The van der Waals surface area contributed by atoms with Crippen molar-refractivity contribution in [2.75, 3.05) is 11.9 Å². The third-order valence-corrected chi connectivity index (χ3v) is 6.68. The Morgan fingerprint density at radius 1 is 1.39 bits per heavy atom. The lowest BCUT2D eigenvalue weighted by atomic mass is 10.2. The Kier molecular flexibility index (Phi) is 7.33. The van der Waals surface area contributed by atoms with Crippen molar-refractivity contribution in [3.8, 4) is 0 Å². The molecule has 1 aliphatic rings. The van der Waals surface area contributed by atoms with Crippen molar-refractivity contribution in [3.63, 3.8) is 0 Å². The number of carbonyl (C=O) groups excluding carboxylic acids is 2. The molecule has 1 aliphatic heterocycles. The first-order valence-electron chi connectivity index (χ1n) is 8.59. The first kappa shape index (κ1) is 21.1. The highest BCUT2D eigenvalue weighted by molar-refractivity contribution is 9.10. The van der Waals surface area contributed by atoms with Crippen molar-refractivity contribution in [2.24, 2.45) is 0 Å². The molecule has 146 valence electrons. The van der Waals surface area contributed by atoms with Gasteiger partial charge >= 0.3 is 0 Å². The zero-order chi connectivity index (χ0) is 20.1. The van der Waals surface area contributed by atoms with Crippen LogP contribution in [0.2, 0.25) is 0 Å². The Morgan fingerprint density at radius 2 is 2.21 bits per heavy atom. The number of hydrogen-bond donors (Lipinski definition) is 1. The maximum atomic E-state index is 12.6. The summed E-state index contributed by atoms with van der Waals surface area (Å²) in [4.78, 5) is 26.8. The van der Waals surface area contributed by atoms with Crippen LogP contribution in [0.1, 0.15) is 30.3 Å². The van der Waals surface area contributed by atoms with Gasteiger partial charge in [-0.2, -0.15) is 0 Å². The number of thiocarbonyl (C=S) groups is 1. The van der Waals surface area contributed by atoms with Crippen LogP contribution in [0.25, 0.3) is 6.08 Å². The second-order valence-corrected chi connectivity index (χ2v) is 9.55. The number of carbonyl (C=O) groups is 2. The molecule has 10 heteroatoms. The maximum Gasteiger partial charge on any atom is 0.266 e. The van der Waals surface area contributed by atoms with E-state index in [0.29, 0.717) is 27.3 Å². The normalized spacial score (nSPS) is 15.5. The molecule has 0 bridgehead atoms. The van der Waals surface area contributed by atoms with Gasteiger partial charge in [-0.25, -0.2) is 0 Å². The number of aromatic nitrogens is 2. The number of amides is 2. The van der Waals surface area contributed by atoms with E-state index in [1.807, 2.05) is 37.3 Å². The van der Waals surface area contributed by atoms with Crippen LogP contribution in [0, 0.1) is 0 Å². The van der Waals surface area contributed by atoms with E-state index in [9.17, 15) is 9.59 Å². The summed E-state index contributed by atoms with van der Waals surface area (Å²) >= 11 is 11.4. The minimum absolute atomic E-state index is 0.118. The third-order valence-electron chi connectivity index (χ3n) is 3.82. The highest BCUT2D eigenvalue weighted by Crippen LogP contribution is 2.33. The van der Waals surface area contributed by atoms with Crippen molar-refractivity contribution in [1.29, 1.82) is 0 Å². The number of nitrogens with one attached hydrogen (secondary N) is 1. The lowest BCUT2D eigenvalue weighted by molar-refractivity contribution is -0.122. The Hall–Kier alpha value is -1.62. The van der Waals surface area contributed by atoms with Crippen LogP contribution in [0.4, 0.5) is 5.13 Å². The average molecular weight is 497 g/mol. The number of benzene rings is 1. The zero-order valence-corrected chi connectivity index (χ0v) is 19.0. The Morgan fingerprint density at radius 3 is 2.93 bits per heavy atom. The molecule has 0 aliphatic carbocycles. The molecule has 0 saturated carbocycles. The third kappa shape index (κ3) is 5.47. The fourth-order valence-corrected chi connectivity index (χ4v) is 4.89. The molecule has 2 heterocycles. The molecular formula is C18H17BrN4O2S3. The number of thioether (sulfide) groups is 1. The molecule has 0 atom stereocenters. The Labute approximate surface area is 184 Å². The zero-order valence-electron chi connectivity index (χ0n) is 15.0. The molecule has 0 radical (unpaired) electrons. The number of rotatable bonds is 7. The molecule has 1 fully saturated rings. The predicted molar refractivity (Wildman–Crippen MR) is 121 cm³/mol. The van der Waals surface area contributed by atoms with Crippen LogP contribution in [0.3, 0.4) is 0 Å². The summed E-state index contributed by atoms with van der Waals surface area (Å²) in [6, 6.07) is 7.71. The highest BCUT2D eigenvalue weighted by Gasteiger charge is 2.31. The Balaban J connectivity index is 1.52. The SMILES string of the molecule is CCc1nnc(NC(=O)CCCN2C(=O)C(=Cc3cccc(Br)c3)SC2=S)s1.